The van der Waals surface area contributed by atoms with Gasteiger partial charge in [0.25, 0.3) is 0 Å². The van der Waals surface area contributed by atoms with Gasteiger partial charge in [-0.1, -0.05) is 53.8 Å². The number of hydrogen-bond donors (Lipinski definition) is 1. The number of methoxy groups -OCH3 is 1. The van der Waals surface area contributed by atoms with E-state index in [1.54, 1.807) is 19.5 Å². The quantitative estimate of drug-likeness (QED) is 0.302. The molecule has 0 unspecified atom stereocenters. The first-order chi connectivity index (χ1) is 16.7. The van der Waals surface area contributed by atoms with E-state index in [9.17, 15) is 4.79 Å². The van der Waals surface area contributed by atoms with E-state index < -0.39 is 0 Å². The van der Waals surface area contributed by atoms with Crippen LogP contribution in [0.1, 0.15) is 5.56 Å². The largest absolute Gasteiger partial charge is 0.497 e. The van der Waals surface area contributed by atoms with Gasteiger partial charge in [-0.25, -0.2) is 4.98 Å². The molecule has 0 atom stereocenters. The van der Waals surface area contributed by atoms with E-state index in [1.807, 2.05) is 78.9 Å². The van der Waals surface area contributed by atoms with Gasteiger partial charge in [0.1, 0.15) is 17.2 Å². The van der Waals surface area contributed by atoms with Crippen molar-refractivity contribution in [1.82, 2.24) is 9.97 Å². The third-order valence-electron chi connectivity index (χ3n) is 5.20. The highest BCUT2D eigenvalue weighted by molar-refractivity contribution is 7.22. The minimum Gasteiger partial charge on any atom is -0.497 e. The predicted octanol–water partition coefficient (Wildman–Crippen LogP) is 6.34. The van der Waals surface area contributed by atoms with Crippen molar-refractivity contribution in [3.8, 4) is 28.4 Å². The number of ether oxygens (including phenoxy) is 2. The van der Waals surface area contributed by atoms with Crippen LogP contribution in [0.2, 0.25) is 0 Å². The van der Waals surface area contributed by atoms with Gasteiger partial charge in [0.2, 0.25) is 5.91 Å². The number of anilines is 1. The summed E-state index contributed by atoms with van der Waals surface area (Å²) in [5.74, 6) is 2.03. The van der Waals surface area contributed by atoms with E-state index in [-0.39, 0.29) is 5.91 Å². The molecule has 0 radical (unpaired) electrons. The minimum absolute atomic E-state index is 0.0959. The van der Waals surface area contributed by atoms with Crippen LogP contribution >= 0.6 is 11.3 Å². The standard InChI is InChI=1S/C27H21N3O3S/c1-32-20-9-5-8-19(15-20)22-17-28-13-12-24(22)33-21-10-11-23-25(16-21)34-27(29-23)30-26(31)14-18-6-3-2-4-7-18/h2-13,15-17H,14H2,1H3,(H,29,30,31). The smallest absolute Gasteiger partial charge is 0.230 e. The van der Waals surface area contributed by atoms with Crippen molar-refractivity contribution < 1.29 is 14.3 Å². The van der Waals surface area contributed by atoms with Gasteiger partial charge in [-0.15, -0.1) is 0 Å². The summed E-state index contributed by atoms with van der Waals surface area (Å²) < 4.78 is 12.5. The van der Waals surface area contributed by atoms with Crippen LogP contribution in [0.3, 0.4) is 0 Å². The Labute approximate surface area is 200 Å². The van der Waals surface area contributed by atoms with Gasteiger partial charge in [-0.2, -0.15) is 0 Å². The average Bonchev–Trinajstić information content (AvgIpc) is 3.26. The fraction of sp³-hybridized carbons (Fsp3) is 0.0741. The normalized spacial score (nSPS) is 10.7. The zero-order valence-corrected chi connectivity index (χ0v) is 19.2. The number of rotatable bonds is 7. The molecular formula is C27H21N3O3S. The van der Waals surface area contributed by atoms with E-state index >= 15 is 0 Å². The maximum absolute atomic E-state index is 12.4. The molecule has 5 aromatic rings. The lowest BCUT2D eigenvalue weighted by Gasteiger charge is -2.11. The zero-order valence-electron chi connectivity index (χ0n) is 18.4. The molecule has 0 aliphatic heterocycles. The Morgan fingerprint density at radius 1 is 0.971 bits per heavy atom. The van der Waals surface area contributed by atoms with Crippen molar-refractivity contribution in [1.29, 1.82) is 0 Å². The molecule has 1 amide bonds. The van der Waals surface area contributed by atoms with Crippen LogP contribution in [0.5, 0.6) is 17.2 Å². The zero-order chi connectivity index (χ0) is 23.3. The molecule has 7 heteroatoms. The van der Waals surface area contributed by atoms with Gasteiger partial charge < -0.3 is 14.8 Å². The maximum Gasteiger partial charge on any atom is 0.230 e. The van der Waals surface area contributed by atoms with Crippen LogP contribution in [-0.4, -0.2) is 23.0 Å². The molecule has 6 nitrogen and oxygen atoms in total. The average molecular weight is 468 g/mol. The number of amides is 1. The highest BCUT2D eigenvalue weighted by Crippen LogP contribution is 2.36. The Bertz CT molecular complexity index is 1450. The van der Waals surface area contributed by atoms with Gasteiger partial charge in [0, 0.05) is 24.0 Å². The monoisotopic (exact) mass is 467 g/mol. The number of hydrogen-bond acceptors (Lipinski definition) is 6. The highest BCUT2D eigenvalue weighted by Gasteiger charge is 2.12. The van der Waals surface area contributed by atoms with Gasteiger partial charge in [0.05, 0.1) is 23.7 Å². The number of nitrogens with zero attached hydrogens (tertiary/aromatic N) is 2. The van der Waals surface area contributed by atoms with E-state index in [0.717, 1.165) is 32.7 Å². The number of pyridine rings is 1. The van der Waals surface area contributed by atoms with Crippen LogP contribution in [0.15, 0.2) is 91.3 Å². The summed E-state index contributed by atoms with van der Waals surface area (Å²) in [5, 5.41) is 3.46. The SMILES string of the molecule is COc1cccc(-c2cnccc2Oc2ccc3nc(NC(=O)Cc4ccccc4)sc3c2)c1. The Kier molecular flexibility index (Phi) is 6.18. The van der Waals surface area contributed by atoms with Crippen LogP contribution < -0.4 is 14.8 Å². The van der Waals surface area contributed by atoms with Crippen molar-refractivity contribution in [3.63, 3.8) is 0 Å². The lowest BCUT2D eigenvalue weighted by molar-refractivity contribution is -0.115. The number of carbonyl (C=O) groups is 1. The van der Waals surface area contributed by atoms with Gasteiger partial charge in [-0.05, 0) is 41.5 Å². The lowest BCUT2D eigenvalue weighted by Crippen LogP contribution is -2.13. The van der Waals surface area contributed by atoms with Gasteiger partial charge >= 0.3 is 0 Å². The van der Waals surface area contributed by atoms with Crippen molar-refractivity contribution in [3.05, 3.63) is 96.8 Å². The Hall–Kier alpha value is -4.23. The fourth-order valence-electron chi connectivity index (χ4n) is 3.57. The summed E-state index contributed by atoms with van der Waals surface area (Å²) in [6, 6.07) is 24.9. The van der Waals surface area contributed by atoms with Crippen molar-refractivity contribution >= 4 is 32.6 Å². The lowest BCUT2D eigenvalue weighted by atomic mass is 10.1. The predicted molar refractivity (Wildman–Crippen MR) is 135 cm³/mol. The first kappa shape index (κ1) is 21.6. The first-order valence-corrected chi connectivity index (χ1v) is 11.5. The molecule has 0 aliphatic rings. The van der Waals surface area contributed by atoms with Gasteiger partial charge in [-0.3, -0.25) is 9.78 Å². The summed E-state index contributed by atoms with van der Waals surface area (Å²) in [6.07, 6.45) is 3.78. The molecule has 0 spiro atoms. The summed E-state index contributed by atoms with van der Waals surface area (Å²) in [7, 11) is 1.64. The Morgan fingerprint density at radius 3 is 2.71 bits per heavy atom. The summed E-state index contributed by atoms with van der Waals surface area (Å²) in [5.41, 5.74) is 3.57. The number of fused-ring (bicyclic) bond motifs is 1. The second-order valence-corrected chi connectivity index (χ2v) is 8.60. The van der Waals surface area contributed by atoms with Crippen LogP contribution in [0, 0.1) is 0 Å². The second-order valence-electron chi connectivity index (χ2n) is 7.56. The number of nitrogens with one attached hydrogen (secondary N) is 1. The molecule has 0 saturated carbocycles. The molecular weight excluding hydrogens is 446 g/mol. The molecule has 0 saturated heterocycles. The maximum atomic E-state index is 12.4. The van der Waals surface area contributed by atoms with Gasteiger partial charge in [0.15, 0.2) is 5.13 Å². The molecule has 2 aromatic heterocycles. The third-order valence-corrected chi connectivity index (χ3v) is 6.14. The van der Waals surface area contributed by atoms with E-state index in [1.165, 1.54) is 11.3 Å². The minimum atomic E-state index is -0.0959. The van der Waals surface area contributed by atoms with E-state index in [4.69, 9.17) is 9.47 Å². The summed E-state index contributed by atoms with van der Waals surface area (Å²) in [4.78, 5) is 21.2. The van der Waals surface area contributed by atoms with Crippen LogP contribution in [0.4, 0.5) is 5.13 Å². The van der Waals surface area contributed by atoms with E-state index in [0.29, 0.717) is 23.1 Å². The Balaban J connectivity index is 1.35. The molecule has 2 heterocycles. The Morgan fingerprint density at radius 2 is 1.85 bits per heavy atom. The number of benzene rings is 3. The third kappa shape index (κ3) is 4.89. The topological polar surface area (TPSA) is 73.3 Å². The molecule has 168 valence electrons. The van der Waals surface area contributed by atoms with Crippen molar-refractivity contribution in [2.24, 2.45) is 0 Å². The summed E-state index contributed by atoms with van der Waals surface area (Å²) in [6.45, 7) is 0. The molecule has 0 aliphatic carbocycles. The second kappa shape index (κ2) is 9.72. The molecule has 3 aromatic carbocycles. The molecule has 1 N–H and O–H groups in total. The number of aromatic nitrogens is 2. The van der Waals surface area contributed by atoms with Crippen molar-refractivity contribution in [2.75, 3.05) is 12.4 Å². The van der Waals surface area contributed by atoms with E-state index in [2.05, 4.69) is 15.3 Å². The first-order valence-electron chi connectivity index (χ1n) is 10.7. The summed E-state index contributed by atoms with van der Waals surface area (Å²) >= 11 is 1.41. The molecule has 0 fully saturated rings. The molecule has 34 heavy (non-hydrogen) atoms. The molecule has 5 rings (SSSR count). The number of thiazole rings is 1. The van der Waals surface area contributed by atoms with Crippen molar-refractivity contribution in [2.45, 2.75) is 6.42 Å². The molecule has 0 bridgehead atoms. The number of carbonyl (C=O) groups excluding carboxylic acids is 1. The fourth-order valence-corrected chi connectivity index (χ4v) is 4.48. The van der Waals surface area contributed by atoms with Crippen LogP contribution in [0.25, 0.3) is 21.3 Å². The highest BCUT2D eigenvalue weighted by atomic mass is 32.1. The van der Waals surface area contributed by atoms with Crippen LogP contribution in [-0.2, 0) is 11.2 Å².